The highest BCUT2D eigenvalue weighted by atomic mass is 127. The van der Waals surface area contributed by atoms with Gasteiger partial charge in [0.25, 0.3) is 6.43 Å². The lowest BCUT2D eigenvalue weighted by molar-refractivity contribution is 0.145. The second kappa shape index (κ2) is 4.50. The van der Waals surface area contributed by atoms with Crippen molar-refractivity contribution in [1.82, 2.24) is 4.98 Å². The molecule has 0 bridgehead atoms. The van der Waals surface area contributed by atoms with Gasteiger partial charge < -0.3 is 0 Å². The number of alkyl halides is 3. The summed E-state index contributed by atoms with van der Waals surface area (Å²) in [6, 6.07) is 1.66. The third-order valence-corrected chi connectivity index (χ3v) is 2.85. The lowest BCUT2D eigenvalue weighted by Gasteiger charge is -2.07. The summed E-state index contributed by atoms with van der Waals surface area (Å²) in [7, 11) is 0. The Kier molecular flexibility index (Phi) is 3.85. The lowest BCUT2D eigenvalue weighted by atomic mass is 10.2. The molecule has 5 heteroatoms. The molecule has 72 valence electrons. The smallest absolute Gasteiger partial charge is 0.240 e. The molecule has 0 radical (unpaired) electrons. The van der Waals surface area contributed by atoms with Gasteiger partial charge in [-0.1, -0.05) is 6.07 Å². The maximum Gasteiger partial charge on any atom is 0.280 e. The minimum absolute atomic E-state index is 0.154. The van der Waals surface area contributed by atoms with Crippen LogP contribution in [0, 0.1) is 10.6 Å². The first kappa shape index (κ1) is 11.1. The van der Waals surface area contributed by atoms with Gasteiger partial charge in [0, 0.05) is 5.88 Å². The topological polar surface area (TPSA) is 12.9 Å². The molecule has 0 spiro atoms. The molecule has 0 fully saturated rings. The van der Waals surface area contributed by atoms with Gasteiger partial charge in [0.05, 0.1) is 0 Å². The minimum Gasteiger partial charge on any atom is -0.240 e. The highest BCUT2D eigenvalue weighted by Gasteiger charge is 2.14. The summed E-state index contributed by atoms with van der Waals surface area (Å²) in [6.45, 7) is 1.61. The van der Waals surface area contributed by atoms with Crippen molar-refractivity contribution in [2.45, 2.75) is 19.2 Å². The molecule has 0 aliphatic heterocycles. The SMILES string of the molecule is Cc1cc(CCl)c(I)nc1C(F)F. The summed E-state index contributed by atoms with van der Waals surface area (Å²) < 4.78 is 25.2. The summed E-state index contributed by atoms with van der Waals surface area (Å²) in [5.41, 5.74) is 1.13. The number of pyridine rings is 1. The summed E-state index contributed by atoms with van der Waals surface area (Å²) in [6.07, 6.45) is -2.52. The molecule has 13 heavy (non-hydrogen) atoms. The van der Waals surface area contributed by atoms with Gasteiger partial charge in [0.15, 0.2) is 0 Å². The van der Waals surface area contributed by atoms with E-state index in [-0.39, 0.29) is 5.69 Å². The van der Waals surface area contributed by atoms with Crippen LogP contribution >= 0.6 is 34.2 Å². The van der Waals surface area contributed by atoms with E-state index in [1.807, 2.05) is 22.6 Å². The van der Waals surface area contributed by atoms with Crippen molar-refractivity contribution in [1.29, 1.82) is 0 Å². The number of nitrogens with zero attached hydrogens (tertiary/aromatic N) is 1. The van der Waals surface area contributed by atoms with Crippen LogP contribution in [0.5, 0.6) is 0 Å². The molecule has 0 saturated heterocycles. The first-order valence-electron chi connectivity index (χ1n) is 3.56. The van der Waals surface area contributed by atoms with E-state index in [4.69, 9.17) is 11.6 Å². The van der Waals surface area contributed by atoms with Gasteiger partial charge in [-0.25, -0.2) is 13.8 Å². The van der Waals surface area contributed by atoms with Crippen LogP contribution in [-0.4, -0.2) is 4.98 Å². The Morgan fingerprint density at radius 3 is 2.69 bits per heavy atom. The quantitative estimate of drug-likeness (QED) is 0.461. The van der Waals surface area contributed by atoms with Crippen LogP contribution in [0.1, 0.15) is 23.2 Å². The van der Waals surface area contributed by atoms with Crippen molar-refractivity contribution in [2.24, 2.45) is 0 Å². The van der Waals surface area contributed by atoms with Crippen LogP contribution in [0.15, 0.2) is 6.07 Å². The molecule has 1 aromatic rings. The zero-order valence-corrected chi connectivity index (χ0v) is 9.73. The fourth-order valence-electron chi connectivity index (χ4n) is 0.975. The van der Waals surface area contributed by atoms with Gasteiger partial charge in [-0.3, -0.25) is 0 Å². The van der Waals surface area contributed by atoms with Crippen LogP contribution in [0.4, 0.5) is 8.78 Å². The van der Waals surface area contributed by atoms with Crippen LogP contribution in [-0.2, 0) is 5.88 Å². The Bertz CT molecular complexity index is 317. The normalized spacial score (nSPS) is 10.9. The van der Waals surface area contributed by atoms with Crippen molar-refractivity contribution < 1.29 is 8.78 Å². The number of hydrogen-bond donors (Lipinski definition) is 0. The second-order valence-corrected chi connectivity index (χ2v) is 3.86. The van der Waals surface area contributed by atoms with Gasteiger partial charge in [-0.2, -0.15) is 0 Å². The first-order chi connectivity index (χ1) is 6.06. The maximum atomic E-state index is 12.3. The molecule has 0 aliphatic carbocycles. The molecular weight excluding hydrogens is 310 g/mol. The van der Waals surface area contributed by atoms with Crippen LogP contribution in [0.3, 0.4) is 0 Å². The molecule has 0 atom stereocenters. The molecule has 1 heterocycles. The van der Waals surface area contributed by atoms with Gasteiger partial charge >= 0.3 is 0 Å². The molecule has 0 unspecified atom stereocenters. The van der Waals surface area contributed by atoms with Crippen molar-refractivity contribution in [3.8, 4) is 0 Å². The summed E-state index contributed by atoms with van der Waals surface area (Å²) in [5.74, 6) is 0.301. The lowest BCUT2D eigenvalue weighted by Crippen LogP contribution is -2.00. The van der Waals surface area contributed by atoms with Gasteiger partial charge in [0.1, 0.15) is 9.39 Å². The Morgan fingerprint density at radius 1 is 1.62 bits per heavy atom. The first-order valence-corrected chi connectivity index (χ1v) is 5.17. The molecule has 0 N–H and O–H groups in total. The third kappa shape index (κ3) is 2.49. The zero-order chi connectivity index (χ0) is 10.0. The van der Waals surface area contributed by atoms with Crippen LogP contribution in [0.2, 0.25) is 0 Å². The summed E-state index contributed by atoms with van der Waals surface area (Å²) in [4.78, 5) is 3.80. The average molecular weight is 318 g/mol. The number of halogens is 4. The predicted octanol–water partition coefficient (Wildman–Crippen LogP) is 3.67. The van der Waals surface area contributed by atoms with Gasteiger partial charge in [-0.15, -0.1) is 11.6 Å². The number of hydrogen-bond acceptors (Lipinski definition) is 1. The molecule has 1 nitrogen and oxygen atoms in total. The fraction of sp³-hybridized carbons (Fsp3) is 0.375. The minimum atomic E-state index is -2.52. The highest BCUT2D eigenvalue weighted by molar-refractivity contribution is 14.1. The van der Waals surface area contributed by atoms with Gasteiger partial charge in [-0.05, 0) is 40.6 Å². The molecule has 0 aliphatic rings. The van der Waals surface area contributed by atoms with E-state index in [2.05, 4.69) is 4.98 Å². The van der Waals surface area contributed by atoms with Crippen molar-refractivity contribution in [3.05, 3.63) is 26.6 Å². The molecule has 1 aromatic heterocycles. The Hall–Kier alpha value is 0.0300. The van der Waals surface area contributed by atoms with Crippen LogP contribution in [0.25, 0.3) is 0 Å². The number of aryl methyl sites for hydroxylation is 1. The van der Waals surface area contributed by atoms with E-state index in [9.17, 15) is 8.78 Å². The van der Waals surface area contributed by atoms with E-state index in [1.54, 1.807) is 13.0 Å². The Labute approximate surface area is 93.6 Å². The van der Waals surface area contributed by atoms with E-state index in [1.165, 1.54) is 0 Å². The maximum absolute atomic E-state index is 12.3. The van der Waals surface area contributed by atoms with E-state index < -0.39 is 6.43 Å². The summed E-state index contributed by atoms with van der Waals surface area (Å²) >= 11 is 7.51. The molecule has 0 aromatic carbocycles. The standard InChI is InChI=1S/C8H7ClF2IN/c1-4-2-5(3-9)8(12)13-6(4)7(10)11/h2,7H,3H2,1H3. The molecular formula is C8H7ClF2IN. The number of rotatable bonds is 2. The van der Waals surface area contributed by atoms with Crippen LogP contribution < -0.4 is 0 Å². The largest absolute Gasteiger partial charge is 0.280 e. The predicted molar refractivity (Wildman–Crippen MR) is 56.2 cm³/mol. The summed E-state index contributed by atoms with van der Waals surface area (Å²) in [5, 5.41) is 0. The fourth-order valence-corrected chi connectivity index (χ4v) is 2.01. The molecule has 0 amide bonds. The Morgan fingerprint density at radius 2 is 2.23 bits per heavy atom. The molecule has 0 saturated carbocycles. The average Bonchev–Trinajstić information content (AvgIpc) is 2.07. The third-order valence-electron chi connectivity index (χ3n) is 1.63. The Balaban J connectivity index is 3.20. The molecule has 1 rings (SSSR count). The highest BCUT2D eigenvalue weighted by Crippen LogP contribution is 2.24. The van der Waals surface area contributed by atoms with Crippen molar-refractivity contribution >= 4 is 34.2 Å². The monoisotopic (exact) mass is 317 g/mol. The van der Waals surface area contributed by atoms with Crippen molar-refractivity contribution in [2.75, 3.05) is 0 Å². The van der Waals surface area contributed by atoms with Gasteiger partial charge in [0.2, 0.25) is 0 Å². The van der Waals surface area contributed by atoms with Crippen molar-refractivity contribution in [3.63, 3.8) is 0 Å². The second-order valence-electron chi connectivity index (χ2n) is 2.57. The van der Waals surface area contributed by atoms with E-state index >= 15 is 0 Å². The zero-order valence-electron chi connectivity index (χ0n) is 6.82. The van der Waals surface area contributed by atoms with E-state index in [0.29, 0.717) is 15.1 Å². The number of aromatic nitrogens is 1. The van der Waals surface area contributed by atoms with E-state index in [0.717, 1.165) is 5.56 Å².